The molecule has 36 nitrogen and oxygen atoms in total. The quantitative estimate of drug-likeness (QED) is 0.0199. The minimum Gasteiger partial charge on any atom is -0.394 e. The van der Waals surface area contributed by atoms with Crippen molar-refractivity contribution in [3.05, 3.63) is 0 Å². The molecule has 0 aromatic heterocycles. The van der Waals surface area contributed by atoms with Crippen LogP contribution in [0.5, 0.6) is 0 Å². The van der Waals surface area contributed by atoms with E-state index in [2.05, 4.69) is 37.2 Å². The molecule has 2 rings (SSSR count). The second-order valence-corrected chi connectivity index (χ2v) is 23.0. The molecular weight excluding hydrogens is 1270 g/mol. The van der Waals surface area contributed by atoms with E-state index in [-0.39, 0.29) is 199 Å². The monoisotopic (exact) mass is 1380 g/mol. The van der Waals surface area contributed by atoms with E-state index in [1.54, 1.807) is 0 Å². The zero-order chi connectivity index (χ0) is 70.6. The van der Waals surface area contributed by atoms with Gasteiger partial charge in [-0.3, -0.25) is 33.6 Å². The van der Waals surface area contributed by atoms with Crippen molar-refractivity contribution in [3.8, 4) is 0 Å². The van der Waals surface area contributed by atoms with Crippen LogP contribution in [-0.4, -0.2) is 325 Å². The van der Waals surface area contributed by atoms with Gasteiger partial charge in [0, 0.05) is 90.6 Å². The Bertz CT molecular complexity index is 2090. The molecule has 552 valence electrons. The zero-order valence-electron chi connectivity index (χ0n) is 54.4. The molecular formula is C59H107N7O29. The molecule has 12 unspecified atom stereocenters. The summed E-state index contributed by atoms with van der Waals surface area (Å²) in [6.45, 7) is -0.0523. The van der Waals surface area contributed by atoms with Crippen molar-refractivity contribution in [2.75, 3.05) is 125 Å². The highest BCUT2D eigenvalue weighted by molar-refractivity contribution is 5.80. The summed E-state index contributed by atoms with van der Waals surface area (Å²) >= 11 is 0. The summed E-state index contributed by atoms with van der Waals surface area (Å²) in [5.74, 6) is -2.82. The first-order valence-electron chi connectivity index (χ1n) is 32.2. The van der Waals surface area contributed by atoms with Crippen LogP contribution in [0.1, 0.15) is 110 Å². The van der Waals surface area contributed by atoms with Crippen LogP contribution in [0.15, 0.2) is 0 Å². The average Bonchev–Trinajstić information content (AvgIpc) is 0.841. The number of ketones is 1. The first-order valence-corrected chi connectivity index (χ1v) is 32.2. The van der Waals surface area contributed by atoms with Gasteiger partial charge < -0.3 is 146 Å². The minimum absolute atomic E-state index is 0.0255. The highest BCUT2D eigenvalue weighted by atomic mass is 16.7. The van der Waals surface area contributed by atoms with E-state index in [9.17, 15) is 99.6 Å². The zero-order valence-corrected chi connectivity index (χ0v) is 54.4. The number of aliphatic hydroxyl groups is 12. The summed E-state index contributed by atoms with van der Waals surface area (Å²) in [7, 11) is 0. The van der Waals surface area contributed by atoms with Crippen molar-refractivity contribution in [2.24, 2.45) is 0 Å². The van der Waals surface area contributed by atoms with Crippen molar-refractivity contribution in [3.63, 3.8) is 0 Å². The lowest BCUT2D eigenvalue weighted by molar-refractivity contribution is -0.301. The maximum atomic E-state index is 13.5. The van der Waals surface area contributed by atoms with Crippen molar-refractivity contribution >= 4 is 47.1 Å². The van der Waals surface area contributed by atoms with Gasteiger partial charge in [0.2, 0.25) is 41.4 Å². The maximum absolute atomic E-state index is 13.5. The number of rotatable bonds is 55. The predicted octanol–water partition coefficient (Wildman–Crippen LogP) is -7.88. The van der Waals surface area contributed by atoms with E-state index >= 15 is 0 Å². The van der Waals surface area contributed by atoms with E-state index in [0.29, 0.717) is 19.3 Å². The van der Waals surface area contributed by atoms with Crippen molar-refractivity contribution in [1.82, 2.24) is 37.2 Å². The Morgan fingerprint density at radius 2 is 0.789 bits per heavy atom. The second-order valence-electron chi connectivity index (χ2n) is 23.0. The molecule has 0 aliphatic carbocycles. The smallest absolute Gasteiger partial charge is 0.222 e. The Balaban J connectivity index is 1.92. The molecule has 0 spiro atoms. The molecule has 36 heteroatoms. The molecule has 2 saturated heterocycles. The average molecular weight is 1380 g/mol. The van der Waals surface area contributed by atoms with Gasteiger partial charge in [0.05, 0.1) is 92.0 Å². The van der Waals surface area contributed by atoms with E-state index in [1.165, 1.54) is 13.8 Å². The highest BCUT2D eigenvalue weighted by Crippen LogP contribution is 2.24. The van der Waals surface area contributed by atoms with Crippen molar-refractivity contribution in [2.45, 2.75) is 202 Å². The lowest BCUT2D eigenvalue weighted by Crippen LogP contribution is -2.59. The molecule has 14 atom stereocenters. The number of hydrogen-bond acceptors (Lipinski definition) is 29. The topological polar surface area (TPSA) is 547 Å². The summed E-state index contributed by atoms with van der Waals surface area (Å²) in [4.78, 5) is 101. The predicted molar refractivity (Wildman–Crippen MR) is 327 cm³/mol. The van der Waals surface area contributed by atoms with Crippen LogP contribution >= 0.6 is 0 Å². The normalized spacial score (nSPS) is 23.1. The van der Waals surface area contributed by atoms with Gasteiger partial charge in [-0.1, -0.05) is 0 Å². The third-order valence-electron chi connectivity index (χ3n) is 14.6. The van der Waals surface area contributed by atoms with Crippen molar-refractivity contribution in [1.29, 1.82) is 0 Å². The van der Waals surface area contributed by atoms with Crippen LogP contribution in [0.25, 0.3) is 0 Å². The molecule has 7 amide bonds. The Morgan fingerprint density at radius 3 is 1.13 bits per heavy atom. The van der Waals surface area contributed by atoms with E-state index in [1.807, 2.05) is 0 Å². The Kier molecular flexibility index (Phi) is 45.8. The van der Waals surface area contributed by atoms with Crippen LogP contribution in [0.2, 0.25) is 0 Å². The van der Waals surface area contributed by atoms with Crippen LogP contribution in [0.3, 0.4) is 0 Å². The van der Waals surface area contributed by atoms with Crippen LogP contribution in [0, 0.1) is 0 Å². The third kappa shape index (κ3) is 37.0. The lowest BCUT2D eigenvalue weighted by atomic mass is 9.99. The van der Waals surface area contributed by atoms with E-state index in [0.717, 1.165) is 0 Å². The van der Waals surface area contributed by atoms with Gasteiger partial charge in [0.15, 0.2) is 18.9 Å². The molecule has 0 saturated carbocycles. The number of hydrogen-bond donors (Lipinski definition) is 19. The maximum Gasteiger partial charge on any atom is 0.222 e. The Labute approximate surface area is 552 Å². The molecule has 2 heterocycles. The van der Waals surface area contributed by atoms with Gasteiger partial charge in [-0.05, 0) is 58.8 Å². The van der Waals surface area contributed by atoms with Gasteiger partial charge in [-0.25, -0.2) is 0 Å². The van der Waals surface area contributed by atoms with Gasteiger partial charge >= 0.3 is 0 Å². The fourth-order valence-corrected chi connectivity index (χ4v) is 9.06. The summed E-state index contributed by atoms with van der Waals surface area (Å²) in [6.07, 6.45) is -17.7. The number of amides is 7. The first-order chi connectivity index (χ1) is 45.4. The molecule has 0 aromatic rings. The van der Waals surface area contributed by atoms with E-state index in [4.69, 9.17) is 42.6 Å². The number of carbonyl (C=O) groups excluding carboxylic acids is 8. The Hall–Kier alpha value is -4.88. The number of ether oxygens (including phenoxy) is 9. The standard InChI is InChI=1S/C59H107N7O29/c1-37(71)10-3-11-49(80)66-59(34-87-27-15-46(77)63-21-7-18-60-43(74)12-4-24-90-56(39(73)30-67)93-40(31-68)38(2)72,35-88-28-16-47(78)64-22-8-19-61-44(75)13-5-25-91-57-54(85)52(83)50(81)41(32-69)94-57)36-89-29-17-48(79)65-23-9-20-62-45(76)14-6-26-92-58-55(86)53(84)51(82)42(33-70)95-58/h38-42,50-58,67-70,72-73,81-86H,3-36H2,1-2H3,(H,60,74)(H,61,75)(H,62,76)(H,63,77)(H,64,78)(H,65,79)(H,66,80)/t38-,39-,40?,41?,42?,50?,51?,52?,53?,54?,55?,56?,57?,58?,59?/m0/s1. The first kappa shape index (κ1) is 86.2. The van der Waals surface area contributed by atoms with Crippen LogP contribution in [-0.2, 0) is 81.0 Å². The fraction of sp³-hybridized carbons (Fsp3) is 0.864. The SMILES string of the molecule is CC(=O)CCCC(=O)NC(COCCC(=O)NCCCNC(=O)CCCOC1OC(CO)C(O)C(O)C1O)(COCCC(=O)NCCCNC(=O)CCCOC1OC(CO)C(O)C(O)C1O)COCCC(=O)NCCCNC(=O)CCCOC(OC(CO)[C@H](C)O)[C@@H](O)CO. The summed E-state index contributed by atoms with van der Waals surface area (Å²) in [5.41, 5.74) is -1.46. The second kappa shape index (κ2) is 50.5. The molecule has 0 aromatic carbocycles. The van der Waals surface area contributed by atoms with Gasteiger partial charge in [-0.2, -0.15) is 0 Å². The largest absolute Gasteiger partial charge is 0.394 e. The molecule has 2 aliphatic rings. The van der Waals surface area contributed by atoms with Gasteiger partial charge in [-0.15, -0.1) is 0 Å². The van der Waals surface area contributed by atoms with Crippen molar-refractivity contribution < 1.29 is 142 Å². The molecule has 19 N–H and O–H groups in total. The van der Waals surface area contributed by atoms with Crippen LogP contribution in [0.4, 0.5) is 0 Å². The van der Waals surface area contributed by atoms with E-state index < -0.39 is 142 Å². The number of aliphatic hydroxyl groups excluding tert-OH is 12. The van der Waals surface area contributed by atoms with Gasteiger partial charge in [0.25, 0.3) is 0 Å². The summed E-state index contributed by atoms with van der Waals surface area (Å²) < 4.78 is 50.0. The highest BCUT2D eigenvalue weighted by Gasteiger charge is 2.45. The molecule has 2 aliphatic heterocycles. The number of Topliss-reactive ketones (excluding diaryl/α,β-unsaturated/α-hetero) is 1. The third-order valence-corrected chi connectivity index (χ3v) is 14.6. The number of nitrogens with one attached hydrogen (secondary N) is 7. The molecule has 0 bridgehead atoms. The fourth-order valence-electron chi connectivity index (χ4n) is 9.06. The molecule has 95 heavy (non-hydrogen) atoms. The number of carbonyl (C=O) groups is 8. The van der Waals surface area contributed by atoms with Crippen LogP contribution < -0.4 is 37.2 Å². The van der Waals surface area contributed by atoms with Gasteiger partial charge in [0.1, 0.15) is 72.4 Å². The molecule has 2 fully saturated rings. The summed E-state index contributed by atoms with van der Waals surface area (Å²) in [5, 5.41) is 136. The molecule has 0 radical (unpaired) electrons. The minimum atomic E-state index is -1.60. The summed E-state index contributed by atoms with van der Waals surface area (Å²) in [6, 6.07) is 0. The lowest BCUT2D eigenvalue weighted by Gasteiger charge is -2.39. The Morgan fingerprint density at radius 1 is 0.432 bits per heavy atom.